The Kier molecular flexibility index (Phi) is 8.83. The van der Waals surface area contributed by atoms with Gasteiger partial charge in [-0.05, 0) is 43.2 Å². The zero-order chi connectivity index (χ0) is 19.2. The monoisotopic (exact) mass is 446 g/mol. The minimum absolute atomic E-state index is 0. The van der Waals surface area contributed by atoms with Crippen molar-refractivity contribution < 1.29 is 13.9 Å². The van der Waals surface area contributed by atoms with Crippen LogP contribution in [0.1, 0.15) is 23.2 Å². The highest BCUT2D eigenvalue weighted by Gasteiger charge is 2.20. The van der Waals surface area contributed by atoms with E-state index in [0.717, 1.165) is 38.2 Å². The molecule has 0 saturated carbocycles. The van der Waals surface area contributed by atoms with Crippen LogP contribution in [0.4, 0.5) is 4.39 Å². The normalized spacial score (nSPS) is 15.0. The van der Waals surface area contributed by atoms with Gasteiger partial charge in [0.25, 0.3) is 5.91 Å². The van der Waals surface area contributed by atoms with Gasteiger partial charge in [0, 0.05) is 37.8 Å². The third-order valence-electron chi connectivity index (χ3n) is 4.53. The first-order valence-corrected chi connectivity index (χ1v) is 9.64. The minimum atomic E-state index is -0.410. The van der Waals surface area contributed by atoms with E-state index >= 15 is 0 Å². The molecule has 4 nitrogen and oxygen atoms in total. The quantitative estimate of drug-likeness (QED) is 0.690. The second kappa shape index (κ2) is 10.9. The lowest BCUT2D eigenvalue weighted by Crippen LogP contribution is -2.42. The average Bonchev–Trinajstić information content (AvgIpc) is 2.66. The number of carbonyl (C=O) groups excluding carboxylic acids is 1. The molecule has 2 aromatic rings. The van der Waals surface area contributed by atoms with Crippen molar-refractivity contribution in [3.05, 3.63) is 63.9 Å². The molecular formula is C20H22Cl3FN2O2. The summed E-state index contributed by atoms with van der Waals surface area (Å²) >= 11 is 11.9. The summed E-state index contributed by atoms with van der Waals surface area (Å²) in [7, 11) is 0. The number of likely N-dealkylation sites (tertiary alicyclic amines) is 1. The second-order valence-electron chi connectivity index (χ2n) is 6.50. The molecule has 152 valence electrons. The fourth-order valence-corrected chi connectivity index (χ4v) is 3.34. The maximum absolute atomic E-state index is 13.2. The first kappa shape index (κ1) is 22.8. The molecule has 0 atom stereocenters. The zero-order valence-corrected chi connectivity index (χ0v) is 17.5. The summed E-state index contributed by atoms with van der Waals surface area (Å²) in [5.41, 5.74) is 0.337. The maximum atomic E-state index is 13.2. The Morgan fingerprint density at radius 1 is 1.14 bits per heavy atom. The highest BCUT2D eigenvalue weighted by atomic mass is 35.5. The number of ether oxygens (including phenoxy) is 1. The van der Waals surface area contributed by atoms with Gasteiger partial charge in [-0.2, -0.15) is 0 Å². The molecule has 1 aliphatic heterocycles. The molecule has 1 heterocycles. The predicted molar refractivity (Wildman–Crippen MR) is 113 cm³/mol. The van der Waals surface area contributed by atoms with Crippen molar-refractivity contribution in [3.8, 4) is 5.75 Å². The van der Waals surface area contributed by atoms with Crippen molar-refractivity contribution in [3.63, 3.8) is 0 Å². The summed E-state index contributed by atoms with van der Waals surface area (Å²) in [5.74, 6) is 0.0595. The average molecular weight is 448 g/mol. The lowest BCUT2D eigenvalue weighted by atomic mass is 10.1. The first-order valence-electron chi connectivity index (χ1n) is 8.89. The van der Waals surface area contributed by atoms with Crippen molar-refractivity contribution in [1.29, 1.82) is 0 Å². The van der Waals surface area contributed by atoms with Gasteiger partial charge in [0.1, 0.15) is 17.7 Å². The Bertz CT molecular complexity index is 799. The standard InChI is InChI=1S/C20H21Cl2FN2O2.ClH/c21-18-5-4-17(13-19(18)22)27-16-6-9-25(10-7-16)11-8-24-20(26)14-2-1-3-15(23)12-14;/h1-5,12-13,16H,6-11H2,(H,24,26);1H. The minimum Gasteiger partial charge on any atom is -0.490 e. The van der Waals surface area contributed by atoms with Gasteiger partial charge in [-0.15, -0.1) is 12.4 Å². The third-order valence-corrected chi connectivity index (χ3v) is 5.27. The fraction of sp³-hybridized carbons (Fsp3) is 0.350. The van der Waals surface area contributed by atoms with Crippen molar-refractivity contribution >= 4 is 41.5 Å². The molecule has 28 heavy (non-hydrogen) atoms. The highest BCUT2D eigenvalue weighted by Crippen LogP contribution is 2.28. The van der Waals surface area contributed by atoms with E-state index in [0.29, 0.717) is 22.2 Å². The number of benzene rings is 2. The summed E-state index contributed by atoms with van der Waals surface area (Å²) in [6.07, 6.45) is 1.94. The number of piperidine rings is 1. The smallest absolute Gasteiger partial charge is 0.251 e. The van der Waals surface area contributed by atoms with Gasteiger partial charge in [0.15, 0.2) is 0 Å². The molecular weight excluding hydrogens is 426 g/mol. The Labute approximate surface area is 180 Å². The van der Waals surface area contributed by atoms with Gasteiger partial charge in [0.2, 0.25) is 0 Å². The van der Waals surface area contributed by atoms with Crippen molar-refractivity contribution in [1.82, 2.24) is 10.2 Å². The molecule has 2 aromatic carbocycles. The summed E-state index contributed by atoms with van der Waals surface area (Å²) in [6, 6.07) is 11.0. The molecule has 0 aliphatic carbocycles. The van der Waals surface area contributed by atoms with E-state index in [9.17, 15) is 9.18 Å². The number of nitrogens with one attached hydrogen (secondary N) is 1. The number of halogens is 4. The van der Waals surface area contributed by atoms with Crippen LogP contribution in [0.25, 0.3) is 0 Å². The van der Waals surface area contributed by atoms with E-state index in [4.69, 9.17) is 27.9 Å². The third kappa shape index (κ3) is 6.52. The fourth-order valence-electron chi connectivity index (χ4n) is 3.05. The van der Waals surface area contributed by atoms with Gasteiger partial charge in [-0.3, -0.25) is 4.79 Å². The Morgan fingerprint density at radius 3 is 2.57 bits per heavy atom. The summed E-state index contributed by atoms with van der Waals surface area (Å²) < 4.78 is 19.1. The van der Waals surface area contributed by atoms with Gasteiger partial charge in [-0.1, -0.05) is 29.3 Å². The summed E-state index contributed by atoms with van der Waals surface area (Å²) in [4.78, 5) is 14.3. The molecule has 1 aliphatic rings. The Hall–Kier alpha value is -1.53. The van der Waals surface area contributed by atoms with Crippen LogP contribution in [0.5, 0.6) is 5.75 Å². The van der Waals surface area contributed by atoms with Crippen LogP contribution in [0.15, 0.2) is 42.5 Å². The number of nitrogens with zero attached hydrogens (tertiary/aromatic N) is 1. The number of hydrogen-bond donors (Lipinski definition) is 1. The van der Waals surface area contributed by atoms with Crippen molar-refractivity contribution in [2.75, 3.05) is 26.2 Å². The van der Waals surface area contributed by atoms with E-state index in [-0.39, 0.29) is 24.4 Å². The predicted octanol–water partition coefficient (Wildman–Crippen LogP) is 4.83. The van der Waals surface area contributed by atoms with Crippen LogP contribution < -0.4 is 10.1 Å². The van der Waals surface area contributed by atoms with Gasteiger partial charge >= 0.3 is 0 Å². The van der Waals surface area contributed by atoms with Crippen molar-refractivity contribution in [2.24, 2.45) is 0 Å². The number of hydrogen-bond acceptors (Lipinski definition) is 3. The lowest BCUT2D eigenvalue weighted by molar-refractivity contribution is 0.0905. The number of rotatable bonds is 6. The second-order valence-corrected chi connectivity index (χ2v) is 7.32. The molecule has 1 N–H and O–H groups in total. The molecule has 3 rings (SSSR count). The number of amides is 1. The molecule has 0 aromatic heterocycles. The van der Waals surface area contributed by atoms with Crippen LogP contribution in [-0.2, 0) is 0 Å². The van der Waals surface area contributed by atoms with E-state index in [1.807, 2.05) is 6.07 Å². The van der Waals surface area contributed by atoms with E-state index in [1.54, 1.807) is 18.2 Å². The summed E-state index contributed by atoms with van der Waals surface area (Å²) in [6.45, 7) is 3.05. The number of carbonyl (C=O) groups is 1. The van der Waals surface area contributed by atoms with Gasteiger partial charge in [0.05, 0.1) is 10.0 Å². The molecule has 8 heteroatoms. The molecule has 1 amide bonds. The summed E-state index contributed by atoms with van der Waals surface area (Å²) in [5, 5.41) is 3.83. The van der Waals surface area contributed by atoms with Crippen LogP contribution in [-0.4, -0.2) is 43.1 Å². The molecule has 0 bridgehead atoms. The van der Waals surface area contributed by atoms with Crippen LogP contribution >= 0.6 is 35.6 Å². The van der Waals surface area contributed by atoms with Gasteiger partial charge in [-0.25, -0.2) is 4.39 Å². The van der Waals surface area contributed by atoms with Crippen molar-refractivity contribution in [2.45, 2.75) is 18.9 Å². The van der Waals surface area contributed by atoms with Gasteiger partial charge < -0.3 is 15.0 Å². The van der Waals surface area contributed by atoms with E-state index in [2.05, 4.69) is 10.2 Å². The molecule has 1 saturated heterocycles. The highest BCUT2D eigenvalue weighted by molar-refractivity contribution is 6.42. The molecule has 0 unspecified atom stereocenters. The Balaban J connectivity index is 0.00000280. The molecule has 0 spiro atoms. The van der Waals surface area contributed by atoms with E-state index in [1.165, 1.54) is 18.2 Å². The maximum Gasteiger partial charge on any atom is 0.251 e. The largest absolute Gasteiger partial charge is 0.490 e. The van der Waals surface area contributed by atoms with Crippen LogP contribution in [0, 0.1) is 5.82 Å². The zero-order valence-electron chi connectivity index (χ0n) is 15.2. The van der Waals surface area contributed by atoms with Crippen LogP contribution in [0.3, 0.4) is 0 Å². The lowest BCUT2D eigenvalue weighted by Gasteiger charge is -2.32. The topological polar surface area (TPSA) is 41.6 Å². The first-order chi connectivity index (χ1) is 13.0. The SMILES string of the molecule is Cl.O=C(NCCN1CCC(Oc2ccc(Cl)c(Cl)c2)CC1)c1cccc(F)c1. The van der Waals surface area contributed by atoms with Crippen LogP contribution in [0.2, 0.25) is 10.0 Å². The Morgan fingerprint density at radius 2 is 1.89 bits per heavy atom. The molecule has 1 fully saturated rings. The molecule has 0 radical (unpaired) electrons. The van der Waals surface area contributed by atoms with E-state index < -0.39 is 5.82 Å².